The average Bonchev–Trinajstić information content (AvgIpc) is 3.29. The largest absolute Gasteiger partial charge is 0.496 e. The van der Waals surface area contributed by atoms with Crippen LogP contribution in [0.2, 0.25) is 0 Å². The molecule has 2 atom stereocenters. The molecule has 2 aliphatic rings. The topological polar surface area (TPSA) is 97.4 Å². The summed E-state index contributed by atoms with van der Waals surface area (Å²) in [4.78, 5) is 43.2. The van der Waals surface area contributed by atoms with E-state index < -0.39 is 18.2 Å². The van der Waals surface area contributed by atoms with Gasteiger partial charge in [-0.2, -0.15) is 0 Å². The number of aryl methyl sites for hydroxylation is 1. The van der Waals surface area contributed by atoms with Gasteiger partial charge in [0.05, 0.1) is 32.4 Å². The van der Waals surface area contributed by atoms with Crippen LogP contribution in [-0.2, 0) is 20.8 Å². The molecule has 0 radical (unpaired) electrons. The van der Waals surface area contributed by atoms with Crippen molar-refractivity contribution in [3.05, 3.63) is 95.1 Å². The summed E-state index contributed by atoms with van der Waals surface area (Å²) in [6.45, 7) is 4.02. The smallest absolute Gasteiger partial charge is 0.411 e. The molecular weight excluding hydrogens is 498 g/mol. The fourth-order valence-corrected chi connectivity index (χ4v) is 4.88. The van der Waals surface area contributed by atoms with E-state index in [4.69, 9.17) is 14.2 Å². The molecule has 3 amide bonds. The Morgan fingerprint density at radius 2 is 1.74 bits per heavy atom. The SMILES string of the molecule is COc1ccccc1C(=O)Nc1cccc(C2OC(=O)N(Cc3ccc(C)cc3)C2C(=O)N2CCOCC2)c1. The highest BCUT2D eigenvalue weighted by Gasteiger charge is 2.48. The minimum atomic E-state index is -0.864. The highest BCUT2D eigenvalue weighted by Crippen LogP contribution is 2.36. The molecule has 39 heavy (non-hydrogen) atoms. The van der Waals surface area contributed by atoms with E-state index in [1.165, 1.54) is 12.0 Å². The molecule has 2 unspecified atom stereocenters. The number of benzene rings is 3. The molecule has 0 aliphatic carbocycles. The zero-order chi connectivity index (χ0) is 27.4. The number of anilines is 1. The molecule has 2 heterocycles. The summed E-state index contributed by atoms with van der Waals surface area (Å²) >= 11 is 0. The number of rotatable bonds is 7. The van der Waals surface area contributed by atoms with Crippen molar-refractivity contribution in [3.63, 3.8) is 0 Å². The molecule has 0 saturated carbocycles. The van der Waals surface area contributed by atoms with Crippen molar-refractivity contribution in [2.24, 2.45) is 0 Å². The summed E-state index contributed by atoms with van der Waals surface area (Å²) < 4.78 is 16.6. The van der Waals surface area contributed by atoms with Crippen molar-refractivity contribution < 1.29 is 28.6 Å². The number of ether oxygens (including phenoxy) is 3. The Kier molecular flexibility index (Phi) is 7.79. The standard InChI is InChI=1S/C30H31N3O6/c1-20-10-12-21(13-11-20)19-33-26(29(35)32-14-16-38-17-15-32)27(39-30(33)36)22-6-5-7-23(18-22)31-28(34)24-8-3-4-9-25(24)37-2/h3-13,18,26-27H,14-17,19H2,1-2H3,(H,31,34). The van der Waals surface area contributed by atoms with Crippen LogP contribution in [-0.4, -0.2) is 67.2 Å². The van der Waals surface area contributed by atoms with Gasteiger partial charge in [-0.25, -0.2) is 4.79 Å². The lowest BCUT2D eigenvalue weighted by atomic mass is 9.99. The maximum Gasteiger partial charge on any atom is 0.411 e. The molecule has 2 aliphatic heterocycles. The Balaban J connectivity index is 1.43. The second kappa shape index (κ2) is 11.6. The number of nitrogens with one attached hydrogen (secondary N) is 1. The predicted octanol–water partition coefficient (Wildman–Crippen LogP) is 4.18. The number of cyclic esters (lactones) is 1. The van der Waals surface area contributed by atoms with Crippen molar-refractivity contribution in [1.29, 1.82) is 0 Å². The predicted molar refractivity (Wildman–Crippen MR) is 145 cm³/mol. The molecule has 0 bridgehead atoms. The number of amides is 3. The zero-order valence-electron chi connectivity index (χ0n) is 22.0. The Morgan fingerprint density at radius 3 is 2.49 bits per heavy atom. The Morgan fingerprint density at radius 1 is 1.00 bits per heavy atom. The first kappa shape index (κ1) is 26.2. The molecule has 3 aromatic carbocycles. The third-order valence-corrected chi connectivity index (χ3v) is 6.96. The highest BCUT2D eigenvalue weighted by atomic mass is 16.6. The van der Waals surface area contributed by atoms with Gasteiger partial charge >= 0.3 is 6.09 Å². The van der Waals surface area contributed by atoms with E-state index in [9.17, 15) is 14.4 Å². The van der Waals surface area contributed by atoms with E-state index in [-0.39, 0.29) is 18.4 Å². The highest BCUT2D eigenvalue weighted by molar-refractivity contribution is 6.06. The molecule has 0 spiro atoms. The van der Waals surface area contributed by atoms with Crippen LogP contribution in [0.3, 0.4) is 0 Å². The maximum absolute atomic E-state index is 13.8. The van der Waals surface area contributed by atoms with Crippen LogP contribution in [0.5, 0.6) is 5.75 Å². The van der Waals surface area contributed by atoms with E-state index in [0.717, 1.165) is 11.1 Å². The summed E-state index contributed by atoms with van der Waals surface area (Å²) in [7, 11) is 1.51. The number of hydrogen-bond donors (Lipinski definition) is 1. The lowest BCUT2D eigenvalue weighted by Gasteiger charge is -2.33. The fraction of sp³-hybridized carbons (Fsp3) is 0.300. The molecule has 1 N–H and O–H groups in total. The van der Waals surface area contributed by atoms with Crippen LogP contribution in [0.1, 0.15) is 33.2 Å². The monoisotopic (exact) mass is 529 g/mol. The lowest BCUT2D eigenvalue weighted by molar-refractivity contribution is -0.141. The van der Waals surface area contributed by atoms with Crippen LogP contribution in [0.4, 0.5) is 10.5 Å². The molecule has 2 fully saturated rings. The van der Waals surface area contributed by atoms with Crippen molar-refractivity contribution in [3.8, 4) is 5.75 Å². The van der Waals surface area contributed by atoms with Crippen molar-refractivity contribution >= 4 is 23.6 Å². The minimum absolute atomic E-state index is 0.190. The van der Waals surface area contributed by atoms with Gasteiger partial charge < -0.3 is 24.4 Å². The van der Waals surface area contributed by atoms with Gasteiger partial charge in [0.25, 0.3) is 5.91 Å². The molecular formula is C30H31N3O6. The number of hydrogen-bond acceptors (Lipinski definition) is 6. The van der Waals surface area contributed by atoms with Crippen molar-refractivity contribution in [2.45, 2.75) is 25.6 Å². The summed E-state index contributed by atoms with van der Waals surface area (Å²) in [5.41, 5.74) is 3.51. The Bertz CT molecular complexity index is 1350. The Labute approximate surface area is 227 Å². The third-order valence-electron chi connectivity index (χ3n) is 6.96. The second-order valence-corrected chi connectivity index (χ2v) is 9.58. The third kappa shape index (κ3) is 5.73. The molecule has 202 valence electrons. The molecule has 2 saturated heterocycles. The lowest BCUT2D eigenvalue weighted by Crippen LogP contribution is -2.51. The quantitative estimate of drug-likeness (QED) is 0.493. The number of methoxy groups -OCH3 is 1. The number of para-hydroxylation sites is 1. The summed E-state index contributed by atoms with van der Waals surface area (Å²) in [5, 5.41) is 2.89. The number of carbonyl (C=O) groups is 3. The minimum Gasteiger partial charge on any atom is -0.496 e. The number of morpholine rings is 1. The Hall–Kier alpha value is -4.37. The van der Waals surface area contributed by atoms with E-state index in [2.05, 4.69) is 5.32 Å². The van der Waals surface area contributed by atoms with Crippen LogP contribution < -0.4 is 10.1 Å². The number of nitrogens with zero attached hydrogens (tertiary/aromatic N) is 2. The van der Waals surface area contributed by atoms with E-state index in [1.807, 2.05) is 31.2 Å². The van der Waals surface area contributed by atoms with Crippen LogP contribution in [0.25, 0.3) is 0 Å². The van der Waals surface area contributed by atoms with Crippen LogP contribution in [0, 0.1) is 6.92 Å². The summed E-state index contributed by atoms with van der Waals surface area (Å²) in [5.74, 6) is -0.0709. The van der Waals surface area contributed by atoms with Crippen LogP contribution in [0.15, 0.2) is 72.8 Å². The first-order valence-electron chi connectivity index (χ1n) is 12.9. The second-order valence-electron chi connectivity index (χ2n) is 9.58. The van der Waals surface area contributed by atoms with Gasteiger partial charge in [-0.1, -0.05) is 54.1 Å². The fourth-order valence-electron chi connectivity index (χ4n) is 4.88. The summed E-state index contributed by atoms with van der Waals surface area (Å²) in [6.07, 6.45) is -1.41. The van der Waals surface area contributed by atoms with Gasteiger partial charge in [0.2, 0.25) is 5.91 Å². The van der Waals surface area contributed by atoms with Gasteiger partial charge in [0, 0.05) is 18.8 Å². The number of carbonyl (C=O) groups excluding carboxylic acids is 3. The molecule has 9 nitrogen and oxygen atoms in total. The van der Waals surface area contributed by atoms with E-state index in [1.54, 1.807) is 53.4 Å². The maximum atomic E-state index is 13.8. The first-order valence-corrected chi connectivity index (χ1v) is 12.9. The van der Waals surface area contributed by atoms with Gasteiger partial charge in [-0.05, 0) is 42.3 Å². The van der Waals surface area contributed by atoms with Gasteiger partial charge in [0.15, 0.2) is 12.1 Å². The average molecular weight is 530 g/mol. The molecule has 3 aromatic rings. The first-order chi connectivity index (χ1) is 18.9. The normalized spacial score (nSPS) is 19.0. The molecule has 0 aromatic heterocycles. The van der Waals surface area contributed by atoms with E-state index in [0.29, 0.717) is 48.9 Å². The van der Waals surface area contributed by atoms with Crippen molar-refractivity contribution in [1.82, 2.24) is 9.80 Å². The van der Waals surface area contributed by atoms with Gasteiger partial charge in [-0.3, -0.25) is 14.5 Å². The molecule has 5 rings (SSSR count). The summed E-state index contributed by atoms with van der Waals surface area (Å²) in [6, 6.07) is 21.0. The zero-order valence-corrected chi connectivity index (χ0v) is 22.0. The van der Waals surface area contributed by atoms with Crippen LogP contribution >= 0.6 is 0 Å². The van der Waals surface area contributed by atoms with Gasteiger partial charge in [0.1, 0.15) is 5.75 Å². The molecule has 9 heteroatoms. The van der Waals surface area contributed by atoms with Gasteiger partial charge in [-0.15, -0.1) is 0 Å². The van der Waals surface area contributed by atoms with E-state index >= 15 is 0 Å². The van der Waals surface area contributed by atoms with Crippen molar-refractivity contribution in [2.75, 3.05) is 38.7 Å².